The molecule has 0 N–H and O–H groups in total. The third-order valence-corrected chi connectivity index (χ3v) is 5.90. The van der Waals surface area contributed by atoms with E-state index < -0.39 is 0 Å². The summed E-state index contributed by atoms with van der Waals surface area (Å²) in [7, 11) is 3.52. The van der Waals surface area contributed by atoms with E-state index in [1.807, 2.05) is 19.2 Å². The number of carbonyl (C=O) groups excluding carboxylic acids is 2. The number of halogens is 1. The molecule has 1 aromatic carbocycles. The first kappa shape index (κ1) is 17.1. The van der Waals surface area contributed by atoms with Gasteiger partial charge >= 0.3 is 0 Å². The smallest absolute Gasteiger partial charge is 0.293 e. The first-order chi connectivity index (χ1) is 11.1. The normalized spacial score (nSPS) is 21.4. The number of imide groups is 1. The summed E-state index contributed by atoms with van der Waals surface area (Å²) in [5.41, 5.74) is 3.97. The molecule has 0 aliphatic carbocycles. The number of likely N-dealkylation sites (N-methyl/N-ethyl adjacent to an activating group) is 2. The lowest BCUT2D eigenvalue weighted by Crippen LogP contribution is -2.42. The SMILES string of the molecule is CC1=CC(C)(C)N(C)c2cc(Cl)c(/C=C3/SC(=O)N(C)C3=O)cc21. The number of hydrogen-bond acceptors (Lipinski definition) is 4. The molecule has 2 aliphatic heterocycles. The molecule has 2 amide bonds. The van der Waals surface area contributed by atoms with Crippen LogP contribution >= 0.6 is 23.4 Å². The van der Waals surface area contributed by atoms with Crippen LogP contribution in [0, 0.1) is 0 Å². The molecule has 24 heavy (non-hydrogen) atoms. The van der Waals surface area contributed by atoms with Crippen molar-refractivity contribution in [1.29, 1.82) is 0 Å². The summed E-state index contributed by atoms with van der Waals surface area (Å²) in [6.07, 6.45) is 3.91. The van der Waals surface area contributed by atoms with Crippen LogP contribution in [0.15, 0.2) is 23.1 Å². The number of nitrogens with zero attached hydrogens (tertiary/aromatic N) is 2. The Bertz CT molecular complexity index is 827. The highest BCUT2D eigenvalue weighted by Gasteiger charge is 2.33. The van der Waals surface area contributed by atoms with Crippen LogP contribution in [0.3, 0.4) is 0 Å². The fraction of sp³-hybridized carbons (Fsp3) is 0.333. The molecule has 4 nitrogen and oxygen atoms in total. The summed E-state index contributed by atoms with van der Waals surface area (Å²) in [5, 5.41) is 0.298. The van der Waals surface area contributed by atoms with E-state index in [-0.39, 0.29) is 16.7 Å². The van der Waals surface area contributed by atoms with Gasteiger partial charge in [-0.1, -0.05) is 17.7 Å². The topological polar surface area (TPSA) is 40.6 Å². The number of benzene rings is 1. The predicted octanol–water partition coefficient (Wildman–Crippen LogP) is 4.64. The standard InChI is InChI=1S/C18H19ClN2O2S/c1-10-9-18(2,3)21(5)14-8-13(19)11(6-12(10)14)7-15-16(22)20(4)17(23)24-15/h6-9H,1-5H3/b15-7+. The third-order valence-electron chi connectivity index (χ3n) is 4.61. The van der Waals surface area contributed by atoms with Crippen molar-refractivity contribution in [3.05, 3.63) is 39.3 Å². The van der Waals surface area contributed by atoms with Crippen LogP contribution in [-0.2, 0) is 4.79 Å². The Labute approximate surface area is 151 Å². The van der Waals surface area contributed by atoms with Crippen molar-refractivity contribution in [2.24, 2.45) is 0 Å². The van der Waals surface area contributed by atoms with Crippen molar-refractivity contribution in [1.82, 2.24) is 4.90 Å². The third kappa shape index (κ3) is 2.66. The molecule has 6 heteroatoms. The average Bonchev–Trinajstić information content (AvgIpc) is 2.73. The second kappa shape index (κ2) is 5.67. The molecule has 0 atom stereocenters. The highest BCUT2D eigenvalue weighted by Crippen LogP contribution is 2.41. The maximum Gasteiger partial charge on any atom is 0.293 e. The van der Waals surface area contributed by atoms with Crippen molar-refractivity contribution in [3.8, 4) is 0 Å². The molecule has 0 spiro atoms. The molecule has 1 saturated heterocycles. The van der Waals surface area contributed by atoms with Gasteiger partial charge in [0.15, 0.2) is 0 Å². The first-order valence-corrected chi connectivity index (χ1v) is 8.80. The molecule has 126 valence electrons. The maximum absolute atomic E-state index is 12.1. The molecular formula is C18H19ClN2O2S. The van der Waals surface area contributed by atoms with Crippen LogP contribution in [-0.4, -0.2) is 35.7 Å². The Morgan fingerprint density at radius 2 is 1.88 bits per heavy atom. The molecule has 0 unspecified atom stereocenters. The van der Waals surface area contributed by atoms with Crippen LogP contribution < -0.4 is 4.90 Å². The number of hydrogen-bond donors (Lipinski definition) is 0. The summed E-state index contributed by atoms with van der Waals surface area (Å²) in [6, 6.07) is 3.91. The van der Waals surface area contributed by atoms with Gasteiger partial charge in [0.1, 0.15) is 0 Å². The molecule has 0 saturated carbocycles. The first-order valence-electron chi connectivity index (χ1n) is 7.60. The van der Waals surface area contributed by atoms with Gasteiger partial charge in [-0.05, 0) is 61.9 Å². The summed E-state index contributed by atoms with van der Waals surface area (Å²) < 4.78 is 0. The highest BCUT2D eigenvalue weighted by atomic mass is 35.5. The second-order valence-electron chi connectivity index (χ2n) is 6.67. The van der Waals surface area contributed by atoms with Crippen LogP contribution in [0.25, 0.3) is 11.6 Å². The minimum absolute atomic E-state index is 0.0905. The van der Waals surface area contributed by atoms with Gasteiger partial charge in [0.2, 0.25) is 0 Å². The van der Waals surface area contributed by atoms with Crippen LogP contribution in [0.4, 0.5) is 10.5 Å². The van der Waals surface area contributed by atoms with E-state index >= 15 is 0 Å². The van der Waals surface area contributed by atoms with E-state index in [0.717, 1.165) is 33.5 Å². The van der Waals surface area contributed by atoms with Gasteiger partial charge in [-0.25, -0.2) is 0 Å². The number of carbonyl (C=O) groups is 2. The minimum Gasteiger partial charge on any atom is -0.365 e. The molecule has 0 radical (unpaired) electrons. The van der Waals surface area contributed by atoms with Gasteiger partial charge in [-0.3, -0.25) is 14.5 Å². The molecule has 2 heterocycles. The van der Waals surface area contributed by atoms with Crippen LogP contribution in [0.5, 0.6) is 0 Å². The number of thioether (sulfide) groups is 1. The van der Waals surface area contributed by atoms with Crippen molar-refractivity contribution < 1.29 is 9.59 Å². The van der Waals surface area contributed by atoms with Crippen molar-refractivity contribution >= 4 is 51.8 Å². The average molecular weight is 363 g/mol. The van der Waals surface area contributed by atoms with E-state index in [1.54, 1.807) is 6.08 Å². The van der Waals surface area contributed by atoms with E-state index in [4.69, 9.17) is 11.6 Å². The monoisotopic (exact) mass is 362 g/mol. The molecule has 1 fully saturated rings. The number of rotatable bonds is 1. The van der Waals surface area contributed by atoms with Crippen molar-refractivity contribution in [3.63, 3.8) is 0 Å². The zero-order valence-electron chi connectivity index (χ0n) is 14.3. The molecule has 0 bridgehead atoms. The highest BCUT2D eigenvalue weighted by molar-refractivity contribution is 8.18. The van der Waals surface area contributed by atoms with E-state index in [0.29, 0.717) is 9.93 Å². The summed E-state index contributed by atoms with van der Waals surface area (Å²) in [5.74, 6) is -0.288. The van der Waals surface area contributed by atoms with Gasteiger partial charge in [0.05, 0.1) is 10.4 Å². The van der Waals surface area contributed by atoms with Crippen molar-refractivity contribution in [2.45, 2.75) is 26.3 Å². The van der Waals surface area contributed by atoms with Crippen molar-refractivity contribution in [2.75, 3.05) is 19.0 Å². The Hall–Kier alpha value is -1.72. The van der Waals surface area contributed by atoms with E-state index in [1.165, 1.54) is 12.6 Å². The lowest BCUT2D eigenvalue weighted by molar-refractivity contribution is -0.121. The number of allylic oxidation sites excluding steroid dienone is 1. The number of anilines is 1. The van der Waals surface area contributed by atoms with Gasteiger partial charge in [-0.2, -0.15) is 0 Å². The van der Waals surface area contributed by atoms with E-state index in [9.17, 15) is 9.59 Å². The largest absolute Gasteiger partial charge is 0.365 e. The number of amides is 2. The lowest BCUT2D eigenvalue weighted by atomic mass is 9.88. The zero-order chi connectivity index (χ0) is 17.8. The zero-order valence-corrected chi connectivity index (χ0v) is 15.9. The second-order valence-corrected chi connectivity index (χ2v) is 8.07. The van der Waals surface area contributed by atoms with Gasteiger partial charge in [0, 0.05) is 30.4 Å². The van der Waals surface area contributed by atoms with E-state index in [2.05, 4.69) is 31.7 Å². The summed E-state index contributed by atoms with van der Waals surface area (Å²) in [6.45, 7) is 6.38. The quantitative estimate of drug-likeness (QED) is 0.682. The van der Waals surface area contributed by atoms with Gasteiger partial charge < -0.3 is 4.90 Å². The molecular weight excluding hydrogens is 344 g/mol. The Morgan fingerprint density at radius 3 is 2.46 bits per heavy atom. The lowest BCUT2D eigenvalue weighted by Gasteiger charge is -2.40. The fourth-order valence-corrected chi connectivity index (χ4v) is 4.02. The predicted molar refractivity (Wildman–Crippen MR) is 101 cm³/mol. The minimum atomic E-state index is -0.288. The van der Waals surface area contributed by atoms with Gasteiger partial charge in [-0.15, -0.1) is 0 Å². The maximum atomic E-state index is 12.1. The molecule has 1 aromatic rings. The Balaban J connectivity index is 2.10. The molecule has 2 aliphatic rings. The molecule has 0 aromatic heterocycles. The summed E-state index contributed by atoms with van der Waals surface area (Å²) in [4.78, 5) is 27.4. The van der Waals surface area contributed by atoms with Crippen LogP contribution in [0.1, 0.15) is 31.9 Å². The number of fused-ring (bicyclic) bond motifs is 1. The summed E-state index contributed by atoms with van der Waals surface area (Å²) >= 11 is 7.40. The molecule has 3 rings (SSSR count). The van der Waals surface area contributed by atoms with Crippen LogP contribution in [0.2, 0.25) is 5.02 Å². The fourth-order valence-electron chi connectivity index (χ4n) is 2.99. The Morgan fingerprint density at radius 1 is 1.21 bits per heavy atom. The Kier molecular flexibility index (Phi) is 4.04. The van der Waals surface area contributed by atoms with Gasteiger partial charge in [0.25, 0.3) is 11.1 Å².